The van der Waals surface area contributed by atoms with E-state index in [2.05, 4.69) is 5.32 Å². The lowest BCUT2D eigenvalue weighted by Gasteiger charge is -2.27. The van der Waals surface area contributed by atoms with E-state index in [1.807, 2.05) is 14.0 Å². The Kier molecular flexibility index (Phi) is 5.85. The monoisotopic (exact) mass is 263 g/mol. The average molecular weight is 263 g/mol. The van der Waals surface area contributed by atoms with Gasteiger partial charge in [-0.15, -0.1) is 0 Å². The molecule has 1 rings (SSSR count). The summed E-state index contributed by atoms with van der Waals surface area (Å²) < 4.78 is 27.8. The van der Waals surface area contributed by atoms with E-state index >= 15 is 0 Å². The van der Waals surface area contributed by atoms with Crippen molar-refractivity contribution in [1.82, 2.24) is 13.9 Å². The first-order valence-corrected chi connectivity index (χ1v) is 7.81. The molecule has 17 heavy (non-hydrogen) atoms. The first kappa shape index (κ1) is 14.9. The predicted molar refractivity (Wildman–Crippen MR) is 70.1 cm³/mol. The van der Waals surface area contributed by atoms with E-state index in [9.17, 15) is 8.42 Å². The summed E-state index contributed by atoms with van der Waals surface area (Å²) in [4.78, 5) is 0. The smallest absolute Gasteiger partial charge is 0.281 e. The van der Waals surface area contributed by atoms with Crippen LogP contribution in [0.2, 0.25) is 0 Å². The molecule has 5 nitrogen and oxygen atoms in total. The summed E-state index contributed by atoms with van der Waals surface area (Å²) in [5, 5.41) is 3.03. The first-order valence-electron chi connectivity index (χ1n) is 6.41. The molecule has 0 unspecified atom stereocenters. The number of hydrogen-bond donors (Lipinski definition) is 1. The van der Waals surface area contributed by atoms with Crippen molar-refractivity contribution in [2.24, 2.45) is 0 Å². The van der Waals surface area contributed by atoms with Crippen LogP contribution >= 0.6 is 0 Å². The van der Waals surface area contributed by atoms with Crippen LogP contribution in [0.4, 0.5) is 0 Å². The van der Waals surface area contributed by atoms with Gasteiger partial charge in [0.25, 0.3) is 10.2 Å². The maximum atomic E-state index is 12.3. The standard InChI is InChI=1S/C11H25N3O2S/c1-4-9-14(11-6-7-11)17(15,16)13(3)10-5-8-12-2/h11-12H,4-10H2,1-3H3. The molecular formula is C11H25N3O2S. The quantitative estimate of drug-likeness (QED) is 0.621. The zero-order chi connectivity index (χ0) is 12.9. The minimum Gasteiger partial charge on any atom is -0.320 e. The number of rotatable bonds is 9. The van der Waals surface area contributed by atoms with Crippen molar-refractivity contribution in [2.45, 2.75) is 38.6 Å². The van der Waals surface area contributed by atoms with E-state index in [0.29, 0.717) is 13.1 Å². The van der Waals surface area contributed by atoms with E-state index < -0.39 is 10.2 Å². The first-order chi connectivity index (χ1) is 8.04. The van der Waals surface area contributed by atoms with Crippen LogP contribution in [0.3, 0.4) is 0 Å². The molecular weight excluding hydrogens is 238 g/mol. The van der Waals surface area contributed by atoms with Crippen LogP contribution in [-0.4, -0.2) is 56.8 Å². The second-order valence-electron chi connectivity index (χ2n) is 4.63. The average Bonchev–Trinajstić information content (AvgIpc) is 3.09. The molecule has 0 spiro atoms. The van der Waals surface area contributed by atoms with Crippen LogP contribution in [0, 0.1) is 0 Å². The highest BCUT2D eigenvalue weighted by molar-refractivity contribution is 7.86. The van der Waals surface area contributed by atoms with E-state index in [4.69, 9.17) is 0 Å². The van der Waals surface area contributed by atoms with E-state index in [1.165, 1.54) is 4.31 Å². The van der Waals surface area contributed by atoms with Gasteiger partial charge in [-0.1, -0.05) is 6.92 Å². The highest BCUT2D eigenvalue weighted by atomic mass is 32.2. The third-order valence-corrected chi connectivity index (χ3v) is 5.03. The minimum absolute atomic E-state index is 0.256. The van der Waals surface area contributed by atoms with Gasteiger partial charge in [0, 0.05) is 26.2 Å². The van der Waals surface area contributed by atoms with Gasteiger partial charge in [-0.25, -0.2) is 0 Å². The summed E-state index contributed by atoms with van der Waals surface area (Å²) in [5.74, 6) is 0. The summed E-state index contributed by atoms with van der Waals surface area (Å²) >= 11 is 0. The third kappa shape index (κ3) is 4.21. The molecule has 6 heteroatoms. The summed E-state index contributed by atoms with van der Waals surface area (Å²) in [6, 6.07) is 0.256. The van der Waals surface area contributed by atoms with Gasteiger partial charge < -0.3 is 5.32 Å². The fourth-order valence-electron chi connectivity index (χ4n) is 1.84. The Morgan fingerprint density at radius 3 is 2.41 bits per heavy atom. The highest BCUT2D eigenvalue weighted by Crippen LogP contribution is 2.30. The maximum absolute atomic E-state index is 12.3. The van der Waals surface area contributed by atoms with Crippen molar-refractivity contribution in [2.75, 3.05) is 33.7 Å². The van der Waals surface area contributed by atoms with E-state index in [-0.39, 0.29) is 6.04 Å². The molecule has 1 saturated carbocycles. The Morgan fingerprint density at radius 1 is 1.29 bits per heavy atom. The summed E-state index contributed by atoms with van der Waals surface area (Å²) in [6.45, 7) is 4.09. The SMILES string of the molecule is CCCN(C1CC1)S(=O)(=O)N(C)CCCNC. The molecule has 0 aliphatic heterocycles. The molecule has 0 amide bonds. The summed E-state index contributed by atoms with van der Waals surface area (Å²) in [6.07, 6.45) is 3.75. The Balaban J connectivity index is 2.56. The number of hydrogen-bond acceptors (Lipinski definition) is 3. The Bertz CT molecular complexity index is 315. The molecule has 0 saturated heterocycles. The lowest BCUT2D eigenvalue weighted by Crippen LogP contribution is -2.44. The molecule has 0 atom stereocenters. The molecule has 0 heterocycles. The Labute approximate surface area is 105 Å². The van der Waals surface area contributed by atoms with Gasteiger partial charge in [-0.3, -0.25) is 0 Å². The van der Waals surface area contributed by atoms with Crippen molar-refractivity contribution in [3.63, 3.8) is 0 Å². The largest absolute Gasteiger partial charge is 0.320 e. The van der Waals surface area contributed by atoms with Gasteiger partial charge in [0.1, 0.15) is 0 Å². The van der Waals surface area contributed by atoms with Crippen LogP contribution < -0.4 is 5.32 Å². The van der Waals surface area contributed by atoms with E-state index in [0.717, 1.165) is 32.2 Å². The van der Waals surface area contributed by atoms with Crippen LogP contribution in [0.25, 0.3) is 0 Å². The second-order valence-corrected chi connectivity index (χ2v) is 6.62. The normalized spacial score (nSPS) is 17.0. The molecule has 0 aromatic heterocycles. The van der Waals surface area contributed by atoms with Crippen LogP contribution in [0.5, 0.6) is 0 Å². The minimum atomic E-state index is -3.24. The zero-order valence-electron chi connectivity index (χ0n) is 11.1. The van der Waals surface area contributed by atoms with Gasteiger partial charge >= 0.3 is 0 Å². The highest BCUT2D eigenvalue weighted by Gasteiger charge is 2.38. The molecule has 0 bridgehead atoms. The van der Waals surface area contributed by atoms with Crippen molar-refractivity contribution >= 4 is 10.2 Å². The molecule has 1 N–H and O–H groups in total. The molecule has 1 aliphatic rings. The molecule has 102 valence electrons. The lowest BCUT2D eigenvalue weighted by atomic mass is 10.4. The van der Waals surface area contributed by atoms with Crippen LogP contribution in [0.15, 0.2) is 0 Å². The topological polar surface area (TPSA) is 52.7 Å². The Hall–Kier alpha value is -0.170. The molecule has 0 aromatic rings. The van der Waals surface area contributed by atoms with Crippen LogP contribution in [0.1, 0.15) is 32.6 Å². The fraction of sp³-hybridized carbons (Fsp3) is 1.00. The predicted octanol–water partition coefficient (Wildman–Crippen LogP) is 0.647. The molecule has 1 fully saturated rings. The maximum Gasteiger partial charge on any atom is 0.281 e. The fourth-order valence-corrected chi connectivity index (χ4v) is 3.56. The molecule has 1 aliphatic carbocycles. The summed E-state index contributed by atoms with van der Waals surface area (Å²) in [5.41, 5.74) is 0. The lowest BCUT2D eigenvalue weighted by molar-refractivity contribution is 0.350. The number of nitrogens with one attached hydrogen (secondary N) is 1. The van der Waals surface area contributed by atoms with E-state index in [1.54, 1.807) is 11.4 Å². The van der Waals surface area contributed by atoms with Crippen molar-refractivity contribution in [3.05, 3.63) is 0 Å². The van der Waals surface area contributed by atoms with Crippen molar-refractivity contribution in [3.8, 4) is 0 Å². The van der Waals surface area contributed by atoms with Gasteiger partial charge in [0.15, 0.2) is 0 Å². The van der Waals surface area contributed by atoms with Crippen molar-refractivity contribution in [1.29, 1.82) is 0 Å². The molecule has 0 radical (unpaired) electrons. The van der Waals surface area contributed by atoms with Gasteiger partial charge in [-0.2, -0.15) is 17.0 Å². The van der Waals surface area contributed by atoms with Gasteiger partial charge in [0.05, 0.1) is 0 Å². The zero-order valence-corrected chi connectivity index (χ0v) is 12.0. The summed E-state index contributed by atoms with van der Waals surface area (Å²) in [7, 11) is 0.312. The molecule has 0 aromatic carbocycles. The second kappa shape index (κ2) is 6.68. The third-order valence-electron chi connectivity index (χ3n) is 2.99. The van der Waals surface area contributed by atoms with Gasteiger partial charge in [-0.05, 0) is 39.3 Å². The van der Waals surface area contributed by atoms with Gasteiger partial charge in [0.2, 0.25) is 0 Å². The number of nitrogens with zero attached hydrogens (tertiary/aromatic N) is 2. The Morgan fingerprint density at radius 2 is 1.94 bits per heavy atom. The van der Waals surface area contributed by atoms with Crippen molar-refractivity contribution < 1.29 is 8.42 Å². The van der Waals surface area contributed by atoms with Crippen LogP contribution in [-0.2, 0) is 10.2 Å².